The third kappa shape index (κ3) is 2.25. The normalized spacial score (nSPS) is 12.1. The maximum atomic E-state index is 11.1. The molecule has 1 aromatic heterocycles. The molecule has 0 saturated carbocycles. The summed E-state index contributed by atoms with van der Waals surface area (Å²) in [5.74, 6) is -2.03. The maximum Gasteiger partial charge on any atom is 0.371 e. The first kappa shape index (κ1) is 11.0. The van der Waals surface area contributed by atoms with Crippen LogP contribution in [0.5, 0.6) is 0 Å². The zero-order valence-corrected chi connectivity index (χ0v) is 8.27. The van der Waals surface area contributed by atoms with E-state index in [4.69, 9.17) is 9.52 Å². The lowest BCUT2D eigenvalue weighted by Gasteiger charge is -2.00. The predicted octanol–water partition coefficient (Wildman–Crippen LogP) is 1.86. The average Bonchev–Trinajstić information content (AvgIpc) is 2.51. The van der Waals surface area contributed by atoms with E-state index in [2.05, 4.69) is 0 Å². The van der Waals surface area contributed by atoms with Gasteiger partial charge in [0.2, 0.25) is 5.76 Å². The van der Waals surface area contributed by atoms with Gasteiger partial charge in [0.05, 0.1) is 5.57 Å². The molecule has 0 atom stereocenters. The van der Waals surface area contributed by atoms with Gasteiger partial charge in [0.15, 0.2) is 5.78 Å². The molecule has 1 rings (SSSR count). The molecule has 5 nitrogen and oxygen atoms in total. The summed E-state index contributed by atoms with van der Waals surface area (Å²) in [5, 5.41) is 17.8. The number of carbonyl (C=O) groups excluding carboxylic acids is 1. The Hall–Kier alpha value is -2.04. The first-order valence-electron chi connectivity index (χ1n) is 4.17. The summed E-state index contributed by atoms with van der Waals surface area (Å²) in [6, 6.07) is 2.56. The number of aliphatic hydroxyl groups excluding tert-OH is 1. The zero-order valence-electron chi connectivity index (χ0n) is 8.27. The van der Waals surface area contributed by atoms with Crippen LogP contribution < -0.4 is 0 Å². The highest BCUT2D eigenvalue weighted by Crippen LogP contribution is 2.21. The quantitative estimate of drug-likeness (QED) is 0.587. The van der Waals surface area contributed by atoms with Crippen molar-refractivity contribution in [3.05, 3.63) is 29.4 Å². The second kappa shape index (κ2) is 4.00. The first-order valence-corrected chi connectivity index (χ1v) is 4.17. The van der Waals surface area contributed by atoms with E-state index < -0.39 is 5.97 Å². The average molecular weight is 210 g/mol. The van der Waals surface area contributed by atoms with Crippen LogP contribution in [0.2, 0.25) is 0 Å². The van der Waals surface area contributed by atoms with Crippen molar-refractivity contribution in [2.24, 2.45) is 0 Å². The van der Waals surface area contributed by atoms with Gasteiger partial charge in [-0.05, 0) is 26.0 Å². The number of rotatable bonds is 3. The van der Waals surface area contributed by atoms with Crippen LogP contribution in [0.15, 0.2) is 22.3 Å². The summed E-state index contributed by atoms with van der Waals surface area (Å²) in [5.41, 5.74) is -0.0116. The number of ketones is 1. The van der Waals surface area contributed by atoms with Crippen molar-refractivity contribution in [2.75, 3.05) is 0 Å². The van der Waals surface area contributed by atoms with Crippen LogP contribution in [0, 0.1) is 0 Å². The molecule has 0 radical (unpaired) electrons. The van der Waals surface area contributed by atoms with E-state index in [9.17, 15) is 14.7 Å². The molecule has 1 heterocycles. The monoisotopic (exact) mass is 210 g/mol. The highest BCUT2D eigenvalue weighted by atomic mass is 16.4. The Kier molecular flexibility index (Phi) is 2.94. The van der Waals surface area contributed by atoms with Crippen LogP contribution in [0.25, 0.3) is 5.57 Å². The van der Waals surface area contributed by atoms with Gasteiger partial charge in [-0.2, -0.15) is 0 Å². The number of aliphatic hydroxyl groups is 1. The molecule has 0 spiro atoms. The number of aromatic carboxylic acids is 1. The Labute approximate surface area is 85.6 Å². The molecule has 1 aromatic rings. The van der Waals surface area contributed by atoms with Crippen molar-refractivity contribution >= 4 is 17.3 Å². The first-order chi connectivity index (χ1) is 6.93. The highest BCUT2D eigenvalue weighted by Gasteiger charge is 2.17. The number of carbonyl (C=O) groups is 2. The molecular formula is C10H10O5. The van der Waals surface area contributed by atoms with Crippen molar-refractivity contribution in [1.82, 2.24) is 0 Å². The van der Waals surface area contributed by atoms with E-state index >= 15 is 0 Å². The summed E-state index contributed by atoms with van der Waals surface area (Å²) in [7, 11) is 0. The number of carboxylic acids is 1. The maximum absolute atomic E-state index is 11.1. The molecular weight excluding hydrogens is 200 g/mol. The Morgan fingerprint density at radius 1 is 1.13 bits per heavy atom. The summed E-state index contributed by atoms with van der Waals surface area (Å²) in [6.07, 6.45) is 0. The largest absolute Gasteiger partial charge is 0.512 e. The lowest BCUT2D eigenvalue weighted by molar-refractivity contribution is -0.112. The molecule has 0 fully saturated rings. The SMILES string of the molecule is CC(=O)C(=C(C)O)c1ccc(C(=O)O)o1. The van der Waals surface area contributed by atoms with Crippen LogP contribution in [-0.4, -0.2) is 22.0 Å². The van der Waals surface area contributed by atoms with Crippen molar-refractivity contribution < 1.29 is 24.2 Å². The number of Topliss-reactive ketones (excluding diaryl/α,β-unsaturated/α-hetero) is 1. The molecule has 15 heavy (non-hydrogen) atoms. The smallest absolute Gasteiger partial charge is 0.371 e. The number of furan rings is 1. The molecule has 80 valence electrons. The van der Waals surface area contributed by atoms with Crippen LogP contribution in [-0.2, 0) is 4.79 Å². The molecule has 2 N–H and O–H groups in total. The van der Waals surface area contributed by atoms with Gasteiger partial charge >= 0.3 is 5.97 Å². The fraction of sp³-hybridized carbons (Fsp3) is 0.200. The van der Waals surface area contributed by atoms with Crippen molar-refractivity contribution in [3.8, 4) is 0 Å². The van der Waals surface area contributed by atoms with E-state index in [1.165, 1.54) is 26.0 Å². The molecule has 0 aliphatic rings. The summed E-state index contributed by atoms with van der Waals surface area (Å²) >= 11 is 0. The second-order valence-electron chi connectivity index (χ2n) is 2.99. The topological polar surface area (TPSA) is 87.7 Å². The van der Waals surface area contributed by atoms with E-state index in [1.54, 1.807) is 0 Å². The predicted molar refractivity (Wildman–Crippen MR) is 51.6 cm³/mol. The molecule has 0 aliphatic heterocycles. The Balaban J connectivity index is 3.21. The van der Waals surface area contributed by atoms with Gasteiger partial charge in [-0.15, -0.1) is 0 Å². The minimum Gasteiger partial charge on any atom is -0.512 e. The van der Waals surface area contributed by atoms with E-state index in [0.717, 1.165) is 0 Å². The molecule has 0 amide bonds. The zero-order chi connectivity index (χ0) is 11.6. The highest BCUT2D eigenvalue weighted by molar-refractivity contribution is 6.19. The van der Waals surface area contributed by atoms with Crippen LogP contribution in [0.4, 0.5) is 0 Å². The van der Waals surface area contributed by atoms with E-state index in [-0.39, 0.29) is 28.6 Å². The van der Waals surface area contributed by atoms with Gasteiger partial charge in [-0.3, -0.25) is 4.79 Å². The molecule has 0 aliphatic carbocycles. The van der Waals surface area contributed by atoms with Crippen molar-refractivity contribution in [1.29, 1.82) is 0 Å². The molecule has 5 heteroatoms. The Bertz CT molecular complexity index is 434. The van der Waals surface area contributed by atoms with Gasteiger partial charge in [-0.25, -0.2) is 4.79 Å². The minimum absolute atomic E-state index is 0.0116. The lowest BCUT2D eigenvalue weighted by Crippen LogP contribution is -1.98. The van der Waals surface area contributed by atoms with Gasteiger partial charge in [0, 0.05) is 0 Å². The van der Waals surface area contributed by atoms with E-state index in [1.807, 2.05) is 0 Å². The molecule has 0 bridgehead atoms. The number of allylic oxidation sites excluding steroid dienone is 2. The van der Waals surface area contributed by atoms with Crippen molar-refractivity contribution in [2.45, 2.75) is 13.8 Å². The number of hydrogen-bond acceptors (Lipinski definition) is 4. The van der Waals surface area contributed by atoms with E-state index in [0.29, 0.717) is 0 Å². The van der Waals surface area contributed by atoms with Crippen LogP contribution >= 0.6 is 0 Å². The molecule has 0 aromatic carbocycles. The summed E-state index contributed by atoms with van der Waals surface area (Å²) in [4.78, 5) is 21.7. The van der Waals surface area contributed by atoms with Gasteiger partial charge < -0.3 is 14.6 Å². The fourth-order valence-corrected chi connectivity index (χ4v) is 1.19. The van der Waals surface area contributed by atoms with Crippen LogP contribution in [0.3, 0.4) is 0 Å². The second-order valence-corrected chi connectivity index (χ2v) is 2.99. The summed E-state index contributed by atoms with van der Waals surface area (Å²) in [6.45, 7) is 2.59. The minimum atomic E-state index is -1.22. The third-order valence-electron chi connectivity index (χ3n) is 1.78. The van der Waals surface area contributed by atoms with Gasteiger partial charge in [0.25, 0.3) is 0 Å². The van der Waals surface area contributed by atoms with Gasteiger partial charge in [0.1, 0.15) is 11.5 Å². The lowest BCUT2D eigenvalue weighted by atomic mass is 10.1. The standard InChI is InChI=1S/C10H10O5/c1-5(11)9(6(2)12)7-3-4-8(15-7)10(13)14/h3-4,11H,1-2H3,(H,13,14). The third-order valence-corrected chi connectivity index (χ3v) is 1.78. The van der Waals surface area contributed by atoms with Crippen molar-refractivity contribution in [3.63, 3.8) is 0 Å². The number of carboxylic acid groups (broad SMARTS) is 1. The fourth-order valence-electron chi connectivity index (χ4n) is 1.19. The van der Waals surface area contributed by atoms with Crippen LogP contribution in [0.1, 0.15) is 30.2 Å². The van der Waals surface area contributed by atoms with Gasteiger partial charge in [-0.1, -0.05) is 0 Å². The number of hydrogen-bond donors (Lipinski definition) is 2. The molecule has 0 unspecified atom stereocenters. The molecule has 0 saturated heterocycles. The Morgan fingerprint density at radius 2 is 1.67 bits per heavy atom. The summed E-state index contributed by atoms with van der Waals surface area (Å²) < 4.78 is 4.89. The Morgan fingerprint density at radius 3 is 2.00 bits per heavy atom.